The highest BCUT2D eigenvalue weighted by Gasteiger charge is 2.43. The number of urea groups is 1. The van der Waals surface area contributed by atoms with Crippen LogP contribution in [0.25, 0.3) is 0 Å². The Morgan fingerprint density at radius 3 is 2.31 bits per heavy atom. The summed E-state index contributed by atoms with van der Waals surface area (Å²) in [5.41, 5.74) is 5.43. The smallest absolute Gasteiger partial charge is 0.322 e. The third kappa shape index (κ3) is 2.56. The van der Waals surface area contributed by atoms with Gasteiger partial charge < -0.3 is 10.2 Å². The highest BCUT2D eigenvalue weighted by molar-refractivity contribution is 6.11. The van der Waals surface area contributed by atoms with Crippen molar-refractivity contribution in [2.75, 3.05) is 18.5 Å². The van der Waals surface area contributed by atoms with Crippen LogP contribution in [0.4, 0.5) is 10.5 Å². The van der Waals surface area contributed by atoms with Gasteiger partial charge in [0.25, 0.3) is 5.91 Å². The molecule has 5 nitrogen and oxygen atoms in total. The monoisotopic (exact) mass is 347 g/mol. The second-order valence-electron chi connectivity index (χ2n) is 6.95. The van der Waals surface area contributed by atoms with Gasteiger partial charge in [-0.05, 0) is 42.7 Å². The van der Waals surface area contributed by atoms with Gasteiger partial charge in [0.15, 0.2) is 0 Å². The van der Waals surface area contributed by atoms with E-state index >= 15 is 0 Å². The molecule has 26 heavy (non-hydrogen) atoms. The minimum absolute atomic E-state index is 0.0503. The molecular formula is C21H21N3O2. The van der Waals surface area contributed by atoms with Crippen LogP contribution in [0.3, 0.4) is 0 Å². The largest absolute Gasteiger partial charge is 0.327 e. The number of carbonyl (C=O) groups is 2. The number of amides is 3. The minimum atomic E-state index is -0.418. The molecule has 5 heteroatoms. The normalized spacial score (nSPS) is 19.7. The summed E-state index contributed by atoms with van der Waals surface area (Å²) in [6.45, 7) is 4.45. The summed E-state index contributed by atoms with van der Waals surface area (Å²) >= 11 is 0. The number of hydrogen-bond acceptors (Lipinski definition) is 2. The first-order valence-corrected chi connectivity index (χ1v) is 8.68. The van der Waals surface area contributed by atoms with Crippen LogP contribution in [0, 0.1) is 13.8 Å². The molecule has 0 saturated carbocycles. The van der Waals surface area contributed by atoms with Crippen molar-refractivity contribution in [2.45, 2.75) is 19.9 Å². The summed E-state index contributed by atoms with van der Waals surface area (Å²) < 4.78 is 0. The number of nitrogens with zero attached hydrogens (tertiary/aromatic N) is 2. The van der Waals surface area contributed by atoms with Crippen LogP contribution < -0.4 is 10.2 Å². The van der Waals surface area contributed by atoms with Crippen molar-refractivity contribution in [2.24, 2.45) is 0 Å². The van der Waals surface area contributed by atoms with Crippen LogP contribution in [0.2, 0.25) is 0 Å². The van der Waals surface area contributed by atoms with E-state index < -0.39 is 6.04 Å². The predicted octanol–water partition coefficient (Wildman–Crippen LogP) is 3.30. The van der Waals surface area contributed by atoms with E-state index in [4.69, 9.17) is 0 Å². The molecule has 0 aliphatic carbocycles. The zero-order valence-electron chi connectivity index (χ0n) is 15.1. The van der Waals surface area contributed by atoms with Crippen LogP contribution in [0.15, 0.2) is 59.8 Å². The van der Waals surface area contributed by atoms with Crippen molar-refractivity contribution in [1.82, 2.24) is 10.2 Å². The molecule has 2 aliphatic rings. The van der Waals surface area contributed by atoms with E-state index in [0.717, 1.165) is 28.1 Å². The van der Waals surface area contributed by atoms with Gasteiger partial charge >= 0.3 is 6.03 Å². The van der Waals surface area contributed by atoms with Crippen LogP contribution in [-0.4, -0.2) is 30.4 Å². The topological polar surface area (TPSA) is 52.7 Å². The summed E-state index contributed by atoms with van der Waals surface area (Å²) in [7, 11) is 1.71. The van der Waals surface area contributed by atoms with E-state index in [1.807, 2.05) is 56.3 Å². The Morgan fingerprint density at radius 2 is 1.65 bits per heavy atom. The van der Waals surface area contributed by atoms with Gasteiger partial charge in [-0.2, -0.15) is 0 Å². The van der Waals surface area contributed by atoms with Gasteiger partial charge in [-0.15, -0.1) is 0 Å². The Balaban J connectivity index is 1.78. The molecule has 0 fully saturated rings. The Hall–Kier alpha value is -3.08. The molecule has 1 N–H and O–H groups in total. The quantitative estimate of drug-likeness (QED) is 0.906. The summed E-state index contributed by atoms with van der Waals surface area (Å²) in [5.74, 6) is -0.0503. The fourth-order valence-electron chi connectivity index (χ4n) is 3.78. The molecule has 0 unspecified atom stereocenters. The van der Waals surface area contributed by atoms with Gasteiger partial charge in [0, 0.05) is 12.7 Å². The maximum atomic E-state index is 13.3. The molecule has 2 heterocycles. The Morgan fingerprint density at radius 1 is 1.00 bits per heavy atom. The van der Waals surface area contributed by atoms with Crippen molar-refractivity contribution in [3.63, 3.8) is 0 Å². The maximum Gasteiger partial charge on any atom is 0.322 e. The predicted molar refractivity (Wildman–Crippen MR) is 101 cm³/mol. The summed E-state index contributed by atoms with van der Waals surface area (Å²) in [6.07, 6.45) is 0. The number of carbonyl (C=O) groups excluding carboxylic acids is 2. The van der Waals surface area contributed by atoms with Crippen molar-refractivity contribution < 1.29 is 9.59 Å². The zero-order chi connectivity index (χ0) is 18.4. The number of likely N-dealkylation sites (N-methyl/N-ethyl adjacent to an activating group) is 1. The van der Waals surface area contributed by atoms with Gasteiger partial charge in [-0.25, -0.2) is 4.79 Å². The third-order valence-electron chi connectivity index (χ3n) is 5.01. The molecule has 4 rings (SSSR count). The average molecular weight is 347 g/mol. The van der Waals surface area contributed by atoms with E-state index in [0.29, 0.717) is 12.1 Å². The Labute approximate surface area is 152 Å². The maximum absolute atomic E-state index is 13.3. The van der Waals surface area contributed by atoms with Crippen LogP contribution in [0.5, 0.6) is 0 Å². The lowest BCUT2D eigenvalue weighted by atomic mass is 9.96. The second-order valence-corrected chi connectivity index (χ2v) is 6.95. The van der Waals surface area contributed by atoms with Crippen LogP contribution >= 0.6 is 0 Å². The average Bonchev–Trinajstić information content (AvgIpc) is 2.96. The lowest BCUT2D eigenvalue weighted by Crippen LogP contribution is -2.45. The van der Waals surface area contributed by atoms with E-state index in [9.17, 15) is 9.59 Å². The summed E-state index contributed by atoms with van der Waals surface area (Å²) in [5, 5.41) is 2.96. The van der Waals surface area contributed by atoms with E-state index in [-0.39, 0.29) is 11.9 Å². The molecule has 0 saturated heterocycles. The third-order valence-corrected chi connectivity index (χ3v) is 5.01. The number of aryl methyl sites for hydroxylation is 2. The highest BCUT2D eigenvalue weighted by Crippen LogP contribution is 2.37. The number of hydrogen-bond donors (Lipinski definition) is 1. The zero-order valence-corrected chi connectivity index (χ0v) is 15.1. The van der Waals surface area contributed by atoms with Crippen molar-refractivity contribution >= 4 is 17.6 Å². The molecule has 1 atom stereocenters. The SMILES string of the molecule is Cc1cc(C)cc(N2CC3=C(C2=O)[C@H](c2ccccc2)NC(=O)N3C)c1. The van der Waals surface area contributed by atoms with Gasteiger partial charge in [0.05, 0.1) is 23.9 Å². The molecule has 0 spiro atoms. The Kier molecular flexibility index (Phi) is 3.80. The van der Waals surface area contributed by atoms with E-state index in [1.54, 1.807) is 16.8 Å². The van der Waals surface area contributed by atoms with Gasteiger partial charge in [-0.1, -0.05) is 36.4 Å². The van der Waals surface area contributed by atoms with E-state index in [2.05, 4.69) is 11.4 Å². The highest BCUT2D eigenvalue weighted by atomic mass is 16.2. The number of benzene rings is 2. The first-order valence-electron chi connectivity index (χ1n) is 8.68. The van der Waals surface area contributed by atoms with Gasteiger partial charge in [0.1, 0.15) is 0 Å². The summed E-state index contributed by atoms with van der Waals surface area (Å²) in [4.78, 5) is 29.0. The van der Waals surface area contributed by atoms with Crippen molar-refractivity contribution in [3.8, 4) is 0 Å². The molecule has 0 radical (unpaired) electrons. The Bertz CT molecular complexity index is 913. The van der Waals surface area contributed by atoms with Gasteiger partial charge in [0.2, 0.25) is 0 Å². The van der Waals surface area contributed by atoms with E-state index in [1.165, 1.54) is 0 Å². The summed E-state index contributed by atoms with van der Waals surface area (Å²) in [6, 6.07) is 15.1. The van der Waals surface area contributed by atoms with Crippen LogP contribution in [-0.2, 0) is 4.79 Å². The molecule has 2 aromatic rings. The first kappa shape index (κ1) is 16.4. The second kappa shape index (κ2) is 6.02. The lowest BCUT2D eigenvalue weighted by molar-refractivity contribution is -0.114. The van der Waals surface area contributed by atoms with Crippen molar-refractivity contribution in [1.29, 1.82) is 0 Å². The molecule has 3 amide bonds. The molecule has 132 valence electrons. The van der Waals surface area contributed by atoms with Crippen molar-refractivity contribution in [3.05, 3.63) is 76.5 Å². The number of nitrogens with one attached hydrogen (secondary N) is 1. The molecular weight excluding hydrogens is 326 g/mol. The number of rotatable bonds is 2. The standard InChI is InChI=1S/C21H21N3O2/c1-13-9-14(2)11-16(10-13)24-12-17-18(20(24)25)19(22-21(26)23(17)3)15-7-5-4-6-8-15/h4-11,19H,12H2,1-3H3,(H,22,26)/t19-/m0/s1. The van der Waals surface area contributed by atoms with Crippen LogP contribution in [0.1, 0.15) is 22.7 Å². The first-order chi connectivity index (χ1) is 12.5. The lowest BCUT2D eigenvalue weighted by Gasteiger charge is -2.31. The molecule has 0 aromatic heterocycles. The molecule has 0 bridgehead atoms. The fraction of sp³-hybridized carbons (Fsp3) is 0.238. The minimum Gasteiger partial charge on any atom is -0.327 e. The molecule has 2 aromatic carbocycles. The number of anilines is 1. The van der Waals surface area contributed by atoms with Gasteiger partial charge in [-0.3, -0.25) is 9.69 Å². The fourth-order valence-corrected chi connectivity index (χ4v) is 3.78. The molecule has 2 aliphatic heterocycles.